The summed E-state index contributed by atoms with van der Waals surface area (Å²) in [6.07, 6.45) is 0. The molecule has 0 bridgehead atoms. The maximum absolute atomic E-state index is 5.98. The van der Waals surface area contributed by atoms with Gasteiger partial charge in [0.05, 0.1) is 19.8 Å². The molecule has 0 saturated heterocycles. The monoisotopic (exact) mass is 569 g/mol. The Morgan fingerprint density at radius 2 is 1.14 bits per heavy atom. The number of ether oxygens (including phenoxy) is 2. The zero-order chi connectivity index (χ0) is 30.0. The van der Waals surface area contributed by atoms with Crippen LogP contribution >= 0.6 is 0 Å². The molecular formula is C34H45N6O2+. The highest BCUT2D eigenvalue weighted by Crippen LogP contribution is 2.41. The molecule has 222 valence electrons. The summed E-state index contributed by atoms with van der Waals surface area (Å²) in [5.74, 6) is 3.48. The van der Waals surface area contributed by atoms with Crippen molar-refractivity contribution >= 4 is 22.1 Å². The molecule has 2 heterocycles. The van der Waals surface area contributed by atoms with Crippen molar-refractivity contribution in [3.8, 4) is 33.8 Å². The van der Waals surface area contributed by atoms with Crippen molar-refractivity contribution in [2.75, 3.05) is 13.2 Å². The van der Waals surface area contributed by atoms with E-state index in [-0.39, 0.29) is 0 Å². The van der Waals surface area contributed by atoms with Crippen molar-refractivity contribution in [3.63, 3.8) is 0 Å². The third-order valence-corrected chi connectivity index (χ3v) is 6.83. The highest BCUT2D eigenvalue weighted by Gasteiger charge is 2.27. The molecule has 0 unspecified atom stereocenters. The van der Waals surface area contributed by atoms with Gasteiger partial charge in [-0.25, -0.2) is 0 Å². The number of aromatic nitrogens is 6. The minimum atomic E-state index is 0.407. The van der Waals surface area contributed by atoms with Crippen molar-refractivity contribution in [2.24, 2.45) is 23.7 Å². The van der Waals surface area contributed by atoms with Crippen molar-refractivity contribution in [3.05, 3.63) is 48.5 Å². The van der Waals surface area contributed by atoms with Gasteiger partial charge < -0.3 is 9.47 Å². The van der Waals surface area contributed by atoms with E-state index >= 15 is 0 Å². The summed E-state index contributed by atoms with van der Waals surface area (Å²) in [7, 11) is 0. The van der Waals surface area contributed by atoms with Crippen LogP contribution in [0.15, 0.2) is 48.5 Å². The van der Waals surface area contributed by atoms with E-state index in [0.29, 0.717) is 36.9 Å². The summed E-state index contributed by atoms with van der Waals surface area (Å²) >= 11 is 0. The third kappa shape index (κ3) is 6.58. The molecule has 0 atom stereocenters. The number of fused-ring (bicyclic) bond motifs is 2. The van der Waals surface area contributed by atoms with Crippen LogP contribution in [0.2, 0.25) is 0 Å². The molecule has 8 nitrogen and oxygen atoms in total. The predicted molar refractivity (Wildman–Crippen MR) is 169 cm³/mol. The van der Waals surface area contributed by atoms with Crippen LogP contribution in [0.25, 0.3) is 44.3 Å². The predicted octanol–water partition coefficient (Wildman–Crippen LogP) is 7.31. The molecule has 0 radical (unpaired) electrons. The SMILES string of the molecule is CC(C)COc1ccc(-c2c3nn(CC(C)C)nc3c(-c3ccc(OCC(C)C)cc3)c3[nH][n+](CC(C)C)nc23)cc1. The molecular weight excluding hydrogens is 524 g/mol. The van der Waals surface area contributed by atoms with E-state index in [4.69, 9.17) is 24.8 Å². The summed E-state index contributed by atoms with van der Waals surface area (Å²) in [4.78, 5) is 3.78. The Morgan fingerprint density at radius 1 is 0.643 bits per heavy atom. The Labute approximate surface area is 249 Å². The second-order valence-electron chi connectivity index (χ2n) is 13.0. The van der Waals surface area contributed by atoms with Gasteiger partial charge in [-0.3, -0.25) is 0 Å². The van der Waals surface area contributed by atoms with Gasteiger partial charge in [-0.05, 0) is 57.9 Å². The van der Waals surface area contributed by atoms with E-state index in [2.05, 4.69) is 84.8 Å². The maximum Gasteiger partial charge on any atom is 0.203 e. The van der Waals surface area contributed by atoms with Gasteiger partial charge in [-0.15, -0.1) is 5.10 Å². The zero-order valence-electron chi connectivity index (χ0n) is 26.3. The number of H-pyrrole nitrogens is 1. The summed E-state index contributed by atoms with van der Waals surface area (Å²) < 4.78 is 12.0. The number of hydrogen-bond donors (Lipinski definition) is 1. The van der Waals surface area contributed by atoms with Crippen LogP contribution in [0.3, 0.4) is 0 Å². The second kappa shape index (κ2) is 12.5. The lowest BCUT2D eigenvalue weighted by Crippen LogP contribution is -2.41. The van der Waals surface area contributed by atoms with Crippen LogP contribution in [0.5, 0.6) is 11.5 Å². The molecule has 8 heteroatoms. The Hall–Kier alpha value is -3.94. The molecule has 0 aliphatic heterocycles. The van der Waals surface area contributed by atoms with Crippen molar-refractivity contribution in [2.45, 2.75) is 68.5 Å². The fraction of sp³-hybridized carbons (Fsp3) is 0.471. The first-order valence-electron chi connectivity index (χ1n) is 15.3. The average molecular weight is 570 g/mol. The lowest BCUT2D eigenvalue weighted by atomic mass is 9.95. The first-order chi connectivity index (χ1) is 20.1. The fourth-order valence-electron chi connectivity index (χ4n) is 5.00. The first-order valence-corrected chi connectivity index (χ1v) is 15.3. The number of nitrogens with zero attached hydrogens (tertiary/aromatic N) is 5. The Balaban J connectivity index is 1.72. The van der Waals surface area contributed by atoms with Crippen molar-refractivity contribution in [1.82, 2.24) is 25.2 Å². The van der Waals surface area contributed by atoms with E-state index < -0.39 is 0 Å². The molecule has 42 heavy (non-hydrogen) atoms. The molecule has 0 amide bonds. The van der Waals surface area contributed by atoms with E-state index in [1.165, 1.54) is 0 Å². The van der Waals surface area contributed by atoms with E-state index in [1.807, 2.05) is 33.9 Å². The molecule has 2 aromatic heterocycles. The van der Waals surface area contributed by atoms with Gasteiger partial charge in [0.25, 0.3) is 0 Å². The molecule has 0 aliphatic carbocycles. The number of nitrogens with one attached hydrogen (secondary N) is 1. The molecule has 3 aromatic carbocycles. The number of benzene rings is 3. The van der Waals surface area contributed by atoms with Crippen LogP contribution in [0, 0.1) is 23.7 Å². The van der Waals surface area contributed by atoms with Gasteiger partial charge in [0, 0.05) is 22.1 Å². The summed E-state index contributed by atoms with van der Waals surface area (Å²) in [5.41, 5.74) is 7.59. The normalized spacial score (nSPS) is 12.1. The van der Waals surface area contributed by atoms with E-state index in [1.54, 1.807) is 0 Å². The van der Waals surface area contributed by atoms with Gasteiger partial charge in [-0.2, -0.15) is 15.0 Å². The maximum atomic E-state index is 5.98. The molecule has 0 fully saturated rings. The Kier molecular flexibility index (Phi) is 8.80. The van der Waals surface area contributed by atoms with E-state index in [9.17, 15) is 0 Å². The fourth-order valence-corrected chi connectivity index (χ4v) is 5.00. The van der Waals surface area contributed by atoms with Crippen molar-refractivity contribution in [1.29, 1.82) is 0 Å². The summed E-state index contributed by atoms with van der Waals surface area (Å²) in [5, 5.41) is 18.9. The van der Waals surface area contributed by atoms with Crippen molar-refractivity contribution < 1.29 is 14.3 Å². The second-order valence-corrected chi connectivity index (χ2v) is 13.0. The standard InChI is InChI=1S/C34H45N6O2/c1-21(2)17-39-35-31-29(25-9-13-27(14-10-25)41-19-23(5)6)33-34(38-40(37-33)18-22(3)4)30(32(31)36-39)26-11-15-28(16-12-26)42-20-24(7)8/h9-16,21-24H,17-20H2,1-8H3,(H,35,36)/q+1. The van der Waals surface area contributed by atoms with Crippen LogP contribution in [0.4, 0.5) is 0 Å². The topological polar surface area (TPSA) is 81.7 Å². The minimum absolute atomic E-state index is 0.407. The highest BCUT2D eigenvalue weighted by molar-refractivity contribution is 6.16. The Morgan fingerprint density at radius 3 is 1.62 bits per heavy atom. The van der Waals surface area contributed by atoms with Gasteiger partial charge in [0.15, 0.2) is 5.52 Å². The molecule has 5 aromatic rings. The highest BCUT2D eigenvalue weighted by atomic mass is 16.5. The number of aromatic amines is 1. The Bertz CT molecular complexity index is 1450. The quantitative estimate of drug-likeness (QED) is 0.159. The van der Waals surface area contributed by atoms with Gasteiger partial charge in [0.2, 0.25) is 6.54 Å². The zero-order valence-corrected chi connectivity index (χ0v) is 26.3. The minimum Gasteiger partial charge on any atom is -0.493 e. The number of hydrogen-bond acceptors (Lipinski definition) is 5. The molecule has 5 rings (SSSR count). The van der Waals surface area contributed by atoms with Crippen LogP contribution in [-0.2, 0) is 13.1 Å². The van der Waals surface area contributed by atoms with Gasteiger partial charge in [0.1, 0.15) is 28.0 Å². The molecule has 0 aliphatic rings. The van der Waals surface area contributed by atoms with Crippen LogP contribution < -0.4 is 14.3 Å². The van der Waals surface area contributed by atoms with Crippen LogP contribution in [-0.4, -0.2) is 38.4 Å². The lowest BCUT2D eigenvalue weighted by molar-refractivity contribution is -0.804. The number of rotatable bonds is 12. The van der Waals surface area contributed by atoms with Crippen LogP contribution in [0.1, 0.15) is 55.4 Å². The third-order valence-electron chi connectivity index (χ3n) is 6.83. The van der Waals surface area contributed by atoms with E-state index in [0.717, 1.165) is 68.9 Å². The molecule has 0 spiro atoms. The van der Waals surface area contributed by atoms with Gasteiger partial charge in [-0.1, -0.05) is 79.7 Å². The lowest BCUT2D eigenvalue weighted by Gasteiger charge is -2.11. The average Bonchev–Trinajstić information content (AvgIpc) is 3.52. The summed E-state index contributed by atoms with van der Waals surface area (Å²) in [6, 6.07) is 16.6. The largest absolute Gasteiger partial charge is 0.493 e. The summed E-state index contributed by atoms with van der Waals surface area (Å²) in [6.45, 7) is 20.2. The molecule has 0 saturated carbocycles. The smallest absolute Gasteiger partial charge is 0.203 e. The van der Waals surface area contributed by atoms with Gasteiger partial charge >= 0.3 is 0 Å². The molecule has 1 N–H and O–H groups in total. The first kappa shape index (κ1) is 29.5.